The molecule has 1 fully saturated rings. The molecule has 0 aromatic heterocycles. The van der Waals surface area contributed by atoms with Gasteiger partial charge in [-0.15, -0.1) is 0 Å². The Bertz CT molecular complexity index is 1040. The molecule has 0 spiro atoms. The Labute approximate surface area is 199 Å². The van der Waals surface area contributed by atoms with Crippen LogP contribution in [0.3, 0.4) is 0 Å². The van der Waals surface area contributed by atoms with Gasteiger partial charge in [-0.2, -0.15) is 0 Å². The molecule has 2 aromatic rings. The number of carboxylic acids is 1. The van der Waals surface area contributed by atoms with Crippen LogP contribution in [0.1, 0.15) is 63.0 Å². The zero-order chi connectivity index (χ0) is 24.3. The first-order valence-corrected chi connectivity index (χ1v) is 12.0. The zero-order valence-electron chi connectivity index (χ0n) is 19.7. The van der Waals surface area contributed by atoms with Gasteiger partial charge in [-0.25, -0.2) is 9.59 Å². The molecule has 0 bridgehead atoms. The number of rotatable bonds is 7. The van der Waals surface area contributed by atoms with E-state index in [2.05, 4.69) is 34.9 Å². The minimum absolute atomic E-state index is 0.0416. The Morgan fingerprint density at radius 1 is 1.06 bits per heavy atom. The standard InChI is InChI=1S/C27H32N2O5/c1-3-22(24(30)31)28-25(32)27(2)15-9-8-14-23(27)29-26(33)34-16-21-19-12-6-4-10-17(19)18-11-5-7-13-20(18)21/h4-7,10-13,21-23H,3,8-9,14-16H2,1-2H3,(H,28,32)(H,29,33)(H,30,31)/t22-,23?,27?/m1/s1. The number of fused-ring (bicyclic) bond motifs is 3. The largest absolute Gasteiger partial charge is 0.480 e. The van der Waals surface area contributed by atoms with Gasteiger partial charge in [-0.1, -0.05) is 68.3 Å². The van der Waals surface area contributed by atoms with E-state index in [1.54, 1.807) is 13.8 Å². The average Bonchev–Trinajstić information content (AvgIpc) is 3.16. The summed E-state index contributed by atoms with van der Waals surface area (Å²) in [5.74, 6) is -1.44. The number of ether oxygens (including phenoxy) is 1. The van der Waals surface area contributed by atoms with Gasteiger partial charge in [0.05, 0.1) is 5.41 Å². The summed E-state index contributed by atoms with van der Waals surface area (Å²) in [6.45, 7) is 3.71. The highest BCUT2D eigenvalue weighted by molar-refractivity contribution is 5.88. The summed E-state index contributed by atoms with van der Waals surface area (Å²) in [4.78, 5) is 37.3. The van der Waals surface area contributed by atoms with Crippen molar-refractivity contribution >= 4 is 18.0 Å². The molecule has 2 aliphatic carbocycles. The van der Waals surface area contributed by atoms with Crippen LogP contribution in [-0.2, 0) is 14.3 Å². The van der Waals surface area contributed by atoms with E-state index in [1.807, 2.05) is 24.3 Å². The smallest absolute Gasteiger partial charge is 0.407 e. The van der Waals surface area contributed by atoms with E-state index in [-0.39, 0.29) is 18.4 Å². The zero-order valence-corrected chi connectivity index (χ0v) is 19.7. The number of carbonyl (C=O) groups is 3. The maximum Gasteiger partial charge on any atom is 0.407 e. The van der Waals surface area contributed by atoms with E-state index < -0.39 is 29.6 Å². The molecule has 0 heterocycles. The Hall–Kier alpha value is -3.35. The fourth-order valence-electron chi connectivity index (χ4n) is 5.28. The van der Waals surface area contributed by atoms with Crippen LogP contribution in [0.15, 0.2) is 48.5 Å². The second kappa shape index (κ2) is 9.87. The number of nitrogens with one attached hydrogen (secondary N) is 2. The monoisotopic (exact) mass is 464 g/mol. The lowest BCUT2D eigenvalue weighted by molar-refractivity contribution is -0.144. The molecule has 4 rings (SSSR count). The van der Waals surface area contributed by atoms with Gasteiger partial charge >= 0.3 is 12.1 Å². The first kappa shape index (κ1) is 23.8. The van der Waals surface area contributed by atoms with Crippen LogP contribution in [0.4, 0.5) is 4.79 Å². The van der Waals surface area contributed by atoms with Gasteiger partial charge in [0.2, 0.25) is 5.91 Å². The van der Waals surface area contributed by atoms with Crippen molar-refractivity contribution in [1.29, 1.82) is 0 Å². The molecule has 2 unspecified atom stereocenters. The van der Waals surface area contributed by atoms with E-state index >= 15 is 0 Å². The molecule has 0 saturated heterocycles. The first-order valence-electron chi connectivity index (χ1n) is 12.0. The molecule has 180 valence electrons. The van der Waals surface area contributed by atoms with E-state index in [9.17, 15) is 19.5 Å². The lowest BCUT2D eigenvalue weighted by atomic mass is 9.71. The summed E-state index contributed by atoms with van der Waals surface area (Å²) in [5, 5.41) is 14.9. The number of amides is 2. The van der Waals surface area contributed by atoms with Gasteiger partial charge < -0.3 is 20.5 Å². The van der Waals surface area contributed by atoms with Crippen LogP contribution in [0.2, 0.25) is 0 Å². The average molecular weight is 465 g/mol. The Morgan fingerprint density at radius 2 is 1.68 bits per heavy atom. The molecule has 2 aromatic carbocycles. The van der Waals surface area contributed by atoms with Crippen molar-refractivity contribution in [2.24, 2.45) is 5.41 Å². The Balaban J connectivity index is 1.43. The van der Waals surface area contributed by atoms with E-state index in [0.29, 0.717) is 19.3 Å². The second-order valence-electron chi connectivity index (χ2n) is 9.46. The highest BCUT2D eigenvalue weighted by atomic mass is 16.5. The van der Waals surface area contributed by atoms with Gasteiger partial charge in [0, 0.05) is 12.0 Å². The van der Waals surface area contributed by atoms with Crippen molar-refractivity contribution in [2.45, 2.75) is 64.0 Å². The number of alkyl carbamates (subject to hydrolysis) is 1. The molecule has 7 nitrogen and oxygen atoms in total. The van der Waals surface area contributed by atoms with Crippen molar-refractivity contribution < 1.29 is 24.2 Å². The van der Waals surface area contributed by atoms with Gasteiger partial charge in [0.25, 0.3) is 0 Å². The summed E-state index contributed by atoms with van der Waals surface area (Å²) in [5.41, 5.74) is 3.70. The van der Waals surface area contributed by atoms with E-state index in [4.69, 9.17) is 4.74 Å². The summed E-state index contributed by atoms with van der Waals surface area (Å²) in [7, 11) is 0. The van der Waals surface area contributed by atoms with Crippen LogP contribution < -0.4 is 10.6 Å². The first-order chi connectivity index (χ1) is 16.3. The number of carbonyl (C=O) groups excluding carboxylic acids is 2. The predicted molar refractivity (Wildman–Crippen MR) is 128 cm³/mol. The lowest BCUT2D eigenvalue weighted by Gasteiger charge is -2.40. The van der Waals surface area contributed by atoms with Crippen LogP contribution in [0.5, 0.6) is 0 Å². The molecule has 1 saturated carbocycles. The summed E-state index contributed by atoms with van der Waals surface area (Å²) in [6.07, 6.45) is 2.67. The second-order valence-corrected chi connectivity index (χ2v) is 9.46. The molecule has 7 heteroatoms. The topological polar surface area (TPSA) is 105 Å². The molecule has 0 aliphatic heterocycles. The van der Waals surface area contributed by atoms with Crippen LogP contribution >= 0.6 is 0 Å². The third-order valence-electron chi connectivity index (χ3n) is 7.37. The number of aliphatic carboxylic acids is 1. The van der Waals surface area contributed by atoms with Crippen LogP contribution in [0, 0.1) is 5.41 Å². The normalized spacial score (nSPS) is 22.2. The molecule has 0 radical (unpaired) electrons. The summed E-state index contributed by atoms with van der Waals surface area (Å²) in [6, 6.07) is 14.9. The maximum absolute atomic E-state index is 13.1. The van der Waals surface area contributed by atoms with Crippen molar-refractivity contribution in [2.75, 3.05) is 6.61 Å². The van der Waals surface area contributed by atoms with Crippen LogP contribution in [0.25, 0.3) is 11.1 Å². The Kier molecular flexibility index (Phi) is 6.91. The van der Waals surface area contributed by atoms with Crippen molar-refractivity contribution in [1.82, 2.24) is 10.6 Å². The number of carboxylic acid groups (broad SMARTS) is 1. The van der Waals surface area contributed by atoms with E-state index in [1.165, 1.54) is 0 Å². The van der Waals surface area contributed by atoms with Crippen molar-refractivity contribution in [3.63, 3.8) is 0 Å². The highest BCUT2D eigenvalue weighted by Crippen LogP contribution is 2.44. The Morgan fingerprint density at radius 3 is 2.26 bits per heavy atom. The SMILES string of the molecule is CC[C@@H](NC(=O)C1(C)CCCCC1NC(=O)OCC1c2ccccc2-c2ccccc21)C(=O)O. The van der Waals surface area contributed by atoms with Gasteiger partial charge in [0.1, 0.15) is 12.6 Å². The molecule has 34 heavy (non-hydrogen) atoms. The number of hydrogen-bond acceptors (Lipinski definition) is 4. The van der Waals surface area contributed by atoms with Gasteiger partial charge in [-0.05, 0) is 48.4 Å². The molecule has 2 amide bonds. The fraction of sp³-hybridized carbons (Fsp3) is 0.444. The predicted octanol–water partition coefficient (Wildman–Crippen LogP) is 4.45. The van der Waals surface area contributed by atoms with Crippen molar-refractivity contribution in [3.8, 4) is 11.1 Å². The van der Waals surface area contributed by atoms with Crippen LogP contribution in [-0.4, -0.2) is 41.8 Å². The third kappa shape index (κ3) is 4.52. The quantitative estimate of drug-likeness (QED) is 0.561. The lowest BCUT2D eigenvalue weighted by Crippen LogP contribution is -2.57. The minimum Gasteiger partial charge on any atom is -0.480 e. The maximum atomic E-state index is 13.1. The van der Waals surface area contributed by atoms with Crippen molar-refractivity contribution in [3.05, 3.63) is 59.7 Å². The molecule has 3 N–H and O–H groups in total. The third-order valence-corrected chi connectivity index (χ3v) is 7.37. The van der Waals surface area contributed by atoms with Gasteiger partial charge in [-0.3, -0.25) is 4.79 Å². The fourth-order valence-corrected chi connectivity index (χ4v) is 5.28. The minimum atomic E-state index is -1.06. The summed E-state index contributed by atoms with van der Waals surface area (Å²) >= 11 is 0. The summed E-state index contributed by atoms with van der Waals surface area (Å²) < 4.78 is 5.68. The number of benzene rings is 2. The number of hydrogen-bond donors (Lipinski definition) is 3. The van der Waals surface area contributed by atoms with Gasteiger partial charge in [0.15, 0.2) is 0 Å². The molecule has 3 atom stereocenters. The molecule has 2 aliphatic rings. The molecular weight excluding hydrogens is 432 g/mol. The molecular formula is C27H32N2O5. The van der Waals surface area contributed by atoms with E-state index in [0.717, 1.165) is 35.1 Å². The highest BCUT2D eigenvalue weighted by Gasteiger charge is 2.45.